The van der Waals surface area contributed by atoms with Gasteiger partial charge in [-0.1, -0.05) is 167 Å². The Hall–Kier alpha value is -4.91. The third-order valence-corrected chi connectivity index (χ3v) is 10.6. The van der Waals surface area contributed by atoms with E-state index in [0.717, 1.165) is 12.8 Å². The summed E-state index contributed by atoms with van der Waals surface area (Å²) in [6, 6.07) is 67.4. The summed E-state index contributed by atoms with van der Waals surface area (Å²) < 4.78 is 3.34. The molecule has 0 amide bonds. The van der Waals surface area contributed by atoms with Crippen molar-refractivity contribution in [3.8, 4) is 33.4 Å². The largest absolute Gasteiger partial charge is 0.183 e. The van der Waals surface area contributed by atoms with Gasteiger partial charge in [0.25, 0.3) is 0 Å². The van der Waals surface area contributed by atoms with Crippen molar-refractivity contribution < 1.29 is 24.2 Å². The third-order valence-electron chi connectivity index (χ3n) is 10.6. The van der Waals surface area contributed by atoms with Crippen LogP contribution in [0.3, 0.4) is 0 Å². The molecule has 0 saturated carbocycles. The van der Waals surface area contributed by atoms with Crippen molar-refractivity contribution in [1.82, 2.24) is 0 Å². The molecule has 10 rings (SSSR count). The van der Waals surface area contributed by atoms with Crippen molar-refractivity contribution >= 4 is 50.6 Å². The van der Waals surface area contributed by atoms with Crippen LogP contribution in [0.15, 0.2) is 182 Å². The molecule has 2 aliphatic carbocycles. The minimum absolute atomic E-state index is 0. The van der Waals surface area contributed by atoms with E-state index in [1.165, 1.54) is 101 Å². The van der Waals surface area contributed by atoms with Gasteiger partial charge in [0.1, 0.15) is 0 Å². The molecule has 0 heterocycles. The molecule has 0 N–H and O–H groups in total. The van der Waals surface area contributed by atoms with Crippen LogP contribution >= 0.6 is 24.8 Å². The fraction of sp³-hybridized carbons (Fsp3) is 0.169. The molecule has 0 bridgehead atoms. The van der Waals surface area contributed by atoms with Crippen LogP contribution in [0.2, 0.25) is 0 Å². The first-order chi connectivity index (χ1) is 29.1. The summed E-state index contributed by atoms with van der Waals surface area (Å²) in [7, 11) is 0. The van der Waals surface area contributed by atoms with E-state index in [0.29, 0.717) is 0 Å². The van der Waals surface area contributed by atoms with Crippen molar-refractivity contribution in [3.05, 3.63) is 229 Å². The van der Waals surface area contributed by atoms with E-state index in [1.54, 1.807) is 0 Å². The number of benzene rings is 8. The second kappa shape index (κ2) is 23.5. The molecule has 0 nitrogen and oxygen atoms in total. The minimum atomic E-state index is 0. The number of allylic oxidation sites excluding steroid dienone is 4. The molecule has 0 spiro atoms. The van der Waals surface area contributed by atoms with Gasteiger partial charge in [-0.15, -0.1) is 93.7 Å². The number of halogens is 2. The molecule has 0 aliphatic heterocycles. The van der Waals surface area contributed by atoms with E-state index in [9.17, 15) is 0 Å². The van der Waals surface area contributed by atoms with Crippen molar-refractivity contribution in [1.29, 1.82) is 0 Å². The maximum atomic E-state index is 3.88. The van der Waals surface area contributed by atoms with Gasteiger partial charge in [0.2, 0.25) is 0 Å². The average Bonchev–Trinajstić information content (AvgIpc) is 3.99. The summed E-state index contributed by atoms with van der Waals surface area (Å²) in [5.74, 6) is 0. The van der Waals surface area contributed by atoms with Crippen LogP contribution in [0, 0.1) is 24.3 Å². The van der Waals surface area contributed by atoms with Crippen molar-refractivity contribution in [2.24, 2.45) is 0 Å². The quantitative estimate of drug-likeness (QED) is 0.152. The first-order valence-corrected chi connectivity index (χ1v) is 22.5. The zero-order valence-electron chi connectivity index (χ0n) is 36.8. The normalized spacial score (nSPS) is 11.6. The Kier molecular flexibility index (Phi) is 18.9. The van der Waals surface area contributed by atoms with E-state index >= 15 is 0 Å². The maximum Gasteiger partial charge on any atom is -0.0648 e. The molecule has 0 fully saturated rings. The number of rotatable bonds is 2. The molecule has 8 aromatic rings. The molecule has 0 radical (unpaired) electrons. The van der Waals surface area contributed by atoms with E-state index in [4.69, 9.17) is 0 Å². The molecule has 0 unspecified atom stereocenters. The Labute approximate surface area is 399 Å². The molecule has 62 heavy (non-hydrogen) atoms. The Morgan fingerprint density at radius 3 is 1.45 bits per heavy atom. The van der Waals surface area contributed by atoms with Crippen LogP contribution in [0.5, 0.6) is 0 Å². The molecular weight excluding hydrogens is 871 g/mol. The van der Waals surface area contributed by atoms with Crippen LogP contribution in [0.4, 0.5) is 0 Å². The van der Waals surface area contributed by atoms with Crippen molar-refractivity contribution in [3.63, 3.8) is 0 Å². The molecule has 0 saturated heterocycles. The average molecular weight is 927 g/mol. The van der Waals surface area contributed by atoms with Crippen LogP contribution in [-0.4, -0.2) is 4.21 Å². The number of fused-ring (bicyclic) bond motifs is 5. The molecule has 0 atom stereocenters. The molecule has 3 heteroatoms. The summed E-state index contributed by atoms with van der Waals surface area (Å²) in [6.07, 6.45) is 10.9. The standard InChI is InChI=1S/C33H33.2C10H7.C5H5.CH2.2ClH.Zr/c1-32(2,3)30-20-26-24(18-28(30)22-13-9-7-10-14-22)17-25-19-29(23-15-11-8-12-16-23)31(21-27(25)26)33(4,5)6;2*1-2-6-10-8-4-3-7-9(10)5-1;1-2-4-5-3-1;;;;/h7-16,18,20-21H,17H2,1-6H3;2*1-3,5-8H;1-3H,4H2;1H2;2*1H;/q4*-1;;;;. The molecule has 8 aromatic carbocycles. The number of hydrogen-bond donors (Lipinski definition) is 0. The predicted octanol–water partition coefficient (Wildman–Crippen LogP) is 16.4. The van der Waals surface area contributed by atoms with E-state index in [-0.39, 0.29) is 35.6 Å². The van der Waals surface area contributed by atoms with Gasteiger partial charge in [0, 0.05) is 0 Å². The van der Waals surface area contributed by atoms with Crippen molar-refractivity contribution in [2.45, 2.75) is 65.2 Å². The SMILES string of the molecule is CC(C)(C)c1cc2c([c-]c1-c1ccccc1)Cc1cc(-c3ccccc3)c(C(C)(C)C)cc1-2.Cl.Cl.[C-]1=CC=CC1.[CH2]=[Zr].[c-]1ccc2ccccc2c1.[c-]1ccc2ccccc2c1. The summed E-state index contributed by atoms with van der Waals surface area (Å²) in [5, 5.41) is 5.07. The molecule has 314 valence electrons. The fourth-order valence-corrected chi connectivity index (χ4v) is 7.58. The third kappa shape index (κ3) is 12.8. The second-order valence-corrected chi connectivity index (χ2v) is 17.0. The van der Waals surface area contributed by atoms with Gasteiger partial charge in [0.15, 0.2) is 0 Å². The van der Waals surface area contributed by atoms with Gasteiger partial charge < -0.3 is 0 Å². The van der Waals surface area contributed by atoms with E-state index in [2.05, 4.69) is 191 Å². The first kappa shape index (κ1) is 49.7. The van der Waals surface area contributed by atoms with E-state index in [1.807, 2.05) is 60.7 Å². The van der Waals surface area contributed by atoms with Gasteiger partial charge in [0.05, 0.1) is 0 Å². The smallest absolute Gasteiger partial charge is 0.0648 e. The zero-order chi connectivity index (χ0) is 42.5. The van der Waals surface area contributed by atoms with Gasteiger partial charge in [-0.25, -0.2) is 12.2 Å². The van der Waals surface area contributed by atoms with Crippen molar-refractivity contribution in [2.75, 3.05) is 0 Å². The Balaban J connectivity index is 0.000000234. The summed E-state index contributed by atoms with van der Waals surface area (Å²) in [6.45, 7) is 13.9. The molecule has 2 aliphatic rings. The first-order valence-electron chi connectivity index (χ1n) is 20.7. The molecule has 0 aromatic heterocycles. The minimum Gasteiger partial charge on any atom is -0.183 e. The zero-order valence-corrected chi connectivity index (χ0v) is 40.8. The van der Waals surface area contributed by atoms with E-state index < -0.39 is 0 Å². The van der Waals surface area contributed by atoms with Crippen LogP contribution in [-0.2, 0) is 41.5 Å². The van der Waals surface area contributed by atoms with Crippen LogP contribution < -0.4 is 0 Å². The Bertz CT molecular complexity index is 2380. The molecular formula is C59H56Cl2Zr-4. The van der Waals surface area contributed by atoms with Crippen LogP contribution in [0.1, 0.15) is 70.2 Å². The second-order valence-electron chi connectivity index (χ2n) is 17.0. The number of hydrogen-bond acceptors (Lipinski definition) is 0. The van der Waals surface area contributed by atoms with Crippen LogP contribution in [0.25, 0.3) is 54.9 Å². The monoisotopic (exact) mass is 924 g/mol. The Morgan fingerprint density at radius 2 is 1.00 bits per heavy atom. The van der Waals surface area contributed by atoms with Gasteiger partial charge in [-0.2, -0.15) is 54.6 Å². The Morgan fingerprint density at radius 1 is 0.516 bits per heavy atom. The summed E-state index contributed by atoms with van der Waals surface area (Å²) in [5.41, 5.74) is 13.5. The summed E-state index contributed by atoms with van der Waals surface area (Å²) >= 11 is 1.30. The van der Waals surface area contributed by atoms with Gasteiger partial charge >= 0.3 is 28.4 Å². The van der Waals surface area contributed by atoms with Gasteiger partial charge in [-0.05, 0) is 39.5 Å². The maximum absolute atomic E-state index is 3.88. The fourth-order valence-electron chi connectivity index (χ4n) is 7.58. The topological polar surface area (TPSA) is 0 Å². The summed E-state index contributed by atoms with van der Waals surface area (Å²) in [4.78, 5) is 0. The van der Waals surface area contributed by atoms with Gasteiger partial charge in [-0.3, -0.25) is 6.08 Å². The predicted molar refractivity (Wildman–Crippen MR) is 271 cm³/mol.